The van der Waals surface area contributed by atoms with Crippen LogP contribution in [0.1, 0.15) is 37.4 Å². The van der Waals surface area contributed by atoms with Crippen molar-refractivity contribution >= 4 is 0 Å². The Morgan fingerprint density at radius 1 is 1.00 bits per heavy atom. The maximum absolute atomic E-state index is 10.3. The van der Waals surface area contributed by atoms with Gasteiger partial charge in [-0.3, -0.25) is 0 Å². The van der Waals surface area contributed by atoms with Gasteiger partial charge in [0.2, 0.25) is 0 Å². The van der Waals surface area contributed by atoms with Gasteiger partial charge in [-0.15, -0.1) is 0 Å². The molecule has 0 amide bonds. The van der Waals surface area contributed by atoms with Crippen LogP contribution >= 0.6 is 0 Å². The molecule has 2 aliphatic rings. The van der Waals surface area contributed by atoms with Crippen molar-refractivity contribution in [3.05, 3.63) is 35.9 Å². The van der Waals surface area contributed by atoms with E-state index in [4.69, 9.17) is 0 Å². The average Bonchev–Trinajstić information content (AvgIpc) is 3.03. The summed E-state index contributed by atoms with van der Waals surface area (Å²) in [4.78, 5) is 0. The predicted octanol–water partition coefficient (Wildman–Crippen LogP) is 3.16. The average molecular weight is 202 g/mol. The third-order valence-electron chi connectivity index (χ3n) is 4.23. The first-order valence-corrected chi connectivity index (χ1v) is 6.11. The minimum atomic E-state index is -0.209. The van der Waals surface area contributed by atoms with Crippen molar-refractivity contribution in [2.24, 2.45) is 17.8 Å². The predicted molar refractivity (Wildman–Crippen MR) is 60.3 cm³/mol. The first-order valence-electron chi connectivity index (χ1n) is 6.11. The SMILES string of the molecule is OC(c1ccccc1)C1C2CCCCC21. The molecule has 2 saturated carbocycles. The molecule has 0 bridgehead atoms. The van der Waals surface area contributed by atoms with Crippen molar-refractivity contribution in [2.45, 2.75) is 31.8 Å². The van der Waals surface area contributed by atoms with Gasteiger partial charge in [-0.1, -0.05) is 43.2 Å². The molecule has 2 aliphatic carbocycles. The van der Waals surface area contributed by atoms with Gasteiger partial charge in [0.15, 0.2) is 0 Å². The molecule has 1 heteroatoms. The van der Waals surface area contributed by atoms with E-state index in [0.717, 1.165) is 17.4 Å². The summed E-state index contributed by atoms with van der Waals surface area (Å²) in [5, 5.41) is 10.3. The molecule has 3 atom stereocenters. The standard InChI is InChI=1S/C14H18O/c15-14(10-6-2-1-3-7-10)13-11-8-4-5-9-12(11)13/h1-3,6-7,11-15H,4-5,8-9H2. The first-order chi connectivity index (χ1) is 7.38. The van der Waals surface area contributed by atoms with Crippen LogP contribution < -0.4 is 0 Å². The molecule has 1 aromatic rings. The topological polar surface area (TPSA) is 20.2 Å². The summed E-state index contributed by atoms with van der Waals surface area (Å²) < 4.78 is 0. The molecule has 15 heavy (non-hydrogen) atoms. The molecule has 0 aromatic heterocycles. The number of fused-ring (bicyclic) bond motifs is 1. The van der Waals surface area contributed by atoms with Crippen molar-refractivity contribution in [3.63, 3.8) is 0 Å². The third-order valence-corrected chi connectivity index (χ3v) is 4.23. The molecule has 2 fully saturated rings. The zero-order valence-corrected chi connectivity index (χ0v) is 8.97. The highest BCUT2D eigenvalue weighted by atomic mass is 16.3. The van der Waals surface area contributed by atoms with E-state index >= 15 is 0 Å². The summed E-state index contributed by atoms with van der Waals surface area (Å²) >= 11 is 0. The summed E-state index contributed by atoms with van der Waals surface area (Å²) in [6.07, 6.45) is 5.23. The number of aliphatic hydroxyl groups excluding tert-OH is 1. The van der Waals surface area contributed by atoms with E-state index in [1.54, 1.807) is 0 Å². The smallest absolute Gasteiger partial charge is 0.0823 e. The van der Waals surface area contributed by atoms with Gasteiger partial charge in [0.05, 0.1) is 6.10 Å². The second-order valence-corrected chi connectivity index (χ2v) is 5.05. The largest absolute Gasteiger partial charge is 0.388 e. The first kappa shape index (κ1) is 9.41. The van der Waals surface area contributed by atoms with Gasteiger partial charge < -0.3 is 5.11 Å². The molecular formula is C14H18O. The van der Waals surface area contributed by atoms with Crippen LogP contribution in [0, 0.1) is 17.8 Å². The van der Waals surface area contributed by atoms with Crippen LogP contribution in [-0.2, 0) is 0 Å². The molecule has 1 aromatic carbocycles. The second-order valence-electron chi connectivity index (χ2n) is 5.05. The van der Waals surface area contributed by atoms with Crippen LogP contribution in [0.4, 0.5) is 0 Å². The molecule has 3 rings (SSSR count). The van der Waals surface area contributed by atoms with Gasteiger partial charge in [-0.2, -0.15) is 0 Å². The summed E-state index contributed by atoms with van der Waals surface area (Å²) in [7, 11) is 0. The van der Waals surface area contributed by atoms with Crippen LogP contribution in [0.3, 0.4) is 0 Å². The van der Waals surface area contributed by atoms with Crippen molar-refractivity contribution < 1.29 is 5.11 Å². The maximum atomic E-state index is 10.3. The van der Waals surface area contributed by atoms with Gasteiger partial charge >= 0.3 is 0 Å². The van der Waals surface area contributed by atoms with E-state index < -0.39 is 0 Å². The highest BCUT2D eigenvalue weighted by Gasteiger charge is 2.54. The van der Waals surface area contributed by atoms with Crippen molar-refractivity contribution in [1.82, 2.24) is 0 Å². The number of rotatable bonds is 2. The van der Waals surface area contributed by atoms with Gasteiger partial charge in [-0.05, 0) is 36.2 Å². The van der Waals surface area contributed by atoms with Crippen molar-refractivity contribution in [3.8, 4) is 0 Å². The van der Waals surface area contributed by atoms with E-state index in [9.17, 15) is 5.11 Å². The fourth-order valence-corrected chi connectivity index (χ4v) is 3.39. The lowest BCUT2D eigenvalue weighted by molar-refractivity contribution is 0.142. The Morgan fingerprint density at radius 2 is 1.60 bits per heavy atom. The van der Waals surface area contributed by atoms with Crippen molar-refractivity contribution in [2.75, 3.05) is 0 Å². The lowest BCUT2D eigenvalue weighted by atomic mass is 10.0. The monoisotopic (exact) mass is 202 g/mol. The third kappa shape index (κ3) is 1.59. The van der Waals surface area contributed by atoms with Crippen LogP contribution in [0.25, 0.3) is 0 Å². The van der Waals surface area contributed by atoms with Gasteiger partial charge in [0.25, 0.3) is 0 Å². The Balaban J connectivity index is 1.74. The molecule has 1 nitrogen and oxygen atoms in total. The Morgan fingerprint density at radius 3 is 2.20 bits per heavy atom. The van der Waals surface area contributed by atoms with E-state index in [0.29, 0.717) is 5.92 Å². The highest BCUT2D eigenvalue weighted by Crippen LogP contribution is 2.60. The van der Waals surface area contributed by atoms with Crippen LogP contribution in [-0.4, -0.2) is 5.11 Å². The molecule has 80 valence electrons. The van der Waals surface area contributed by atoms with E-state index in [1.165, 1.54) is 25.7 Å². The summed E-state index contributed by atoms with van der Waals surface area (Å²) in [5.41, 5.74) is 1.11. The van der Waals surface area contributed by atoms with Crippen molar-refractivity contribution in [1.29, 1.82) is 0 Å². The minimum absolute atomic E-state index is 0.209. The zero-order chi connectivity index (χ0) is 10.3. The van der Waals surface area contributed by atoms with Gasteiger partial charge in [0, 0.05) is 0 Å². The Labute approximate surface area is 91.1 Å². The summed E-state index contributed by atoms with van der Waals surface area (Å²) in [5.74, 6) is 2.22. The summed E-state index contributed by atoms with van der Waals surface area (Å²) in [6.45, 7) is 0. The fraction of sp³-hybridized carbons (Fsp3) is 0.571. The van der Waals surface area contributed by atoms with Gasteiger partial charge in [-0.25, -0.2) is 0 Å². The molecule has 0 aliphatic heterocycles. The highest BCUT2D eigenvalue weighted by molar-refractivity contribution is 5.21. The van der Waals surface area contributed by atoms with E-state index in [1.807, 2.05) is 18.2 Å². The molecule has 0 radical (unpaired) electrons. The second kappa shape index (κ2) is 3.64. The maximum Gasteiger partial charge on any atom is 0.0823 e. The fourth-order valence-electron chi connectivity index (χ4n) is 3.39. The zero-order valence-electron chi connectivity index (χ0n) is 8.97. The molecule has 3 unspecified atom stereocenters. The number of hydrogen-bond donors (Lipinski definition) is 1. The van der Waals surface area contributed by atoms with Crippen LogP contribution in [0.2, 0.25) is 0 Å². The molecule has 0 spiro atoms. The Bertz CT molecular complexity index is 320. The minimum Gasteiger partial charge on any atom is -0.388 e. The Hall–Kier alpha value is -0.820. The van der Waals surface area contributed by atoms with Crippen LogP contribution in [0.15, 0.2) is 30.3 Å². The lowest BCUT2D eigenvalue weighted by Gasteiger charge is -2.10. The van der Waals surface area contributed by atoms with Crippen LogP contribution in [0.5, 0.6) is 0 Å². The normalized spacial score (nSPS) is 35.7. The molecular weight excluding hydrogens is 184 g/mol. The number of hydrogen-bond acceptors (Lipinski definition) is 1. The molecule has 0 saturated heterocycles. The molecule has 1 N–H and O–H groups in total. The lowest BCUT2D eigenvalue weighted by Crippen LogP contribution is -2.01. The van der Waals surface area contributed by atoms with Gasteiger partial charge in [0.1, 0.15) is 0 Å². The number of benzene rings is 1. The summed E-state index contributed by atoms with van der Waals surface area (Å²) in [6, 6.07) is 10.1. The Kier molecular flexibility index (Phi) is 2.28. The molecule has 0 heterocycles. The van der Waals surface area contributed by atoms with E-state index in [2.05, 4.69) is 12.1 Å². The van der Waals surface area contributed by atoms with E-state index in [-0.39, 0.29) is 6.10 Å². The quantitative estimate of drug-likeness (QED) is 0.781. The number of aliphatic hydroxyl groups is 1.